The monoisotopic (exact) mass is 256 g/mol. The topological polar surface area (TPSA) is 84.4 Å². The number of carbonyl (C=O) groups is 1. The molecule has 0 amide bonds. The number of nitrogens with one attached hydrogen (secondary N) is 1. The molecule has 0 spiro atoms. The van der Waals surface area contributed by atoms with Gasteiger partial charge >= 0.3 is 5.97 Å². The number of hydrogen-bond acceptors (Lipinski definition) is 5. The Morgan fingerprint density at radius 2 is 2.11 bits per heavy atom. The predicted molar refractivity (Wildman–Crippen MR) is 65.6 cm³/mol. The number of esters is 1. The molecule has 1 aromatic heterocycles. The second-order valence-corrected chi connectivity index (χ2v) is 4.39. The van der Waals surface area contributed by atoms with E-state index in [9.17, 15) is 9.90 Å². The molecule has 0 aliphatic carbocycles. The van der Waals surface area contributed by atoms with Gasteiger partial charge in [0.25, 0.3) is 6.01 Å². The van der Waals surface area contributed by atoms with Gasteiger partial charge in [-0.25, -0.2) is 4.79 Å². The molecule has 6 heteroatoms. The molecular formula is C12H20N2O4. The van der Waals surface area contributed by atoms with Crippen molar-refractivity contribution in [1.29, 1.82) is 0 Å². The van der Waals surface area contributed by atoms with Crippen LogP contribution in [0.15, 0.2) is 0 Å². The van der Waals surface area contributed by atoms with Crippen LogP contribution in [0.4, 0.5) is 0 Å². The van der Waals surface area contributed by atoms with Crippen LogP contribution in [0.2, 0.25) is 0 Å². The van der Waals surface area contributed by atoms with Gasteiger partial charge in [-0.3, -0.25) is 0 Å². The largest absolute Gasteiger partial charge is 0.465 e. The average Bonchev–Trinajstić information content (AvgIpc) is 2.70. The van der Waals surface area contributed by atoms with Crippen LogP contribution in [0, 0.1) is 0 Å². The fraction of sp³-hybridized carbons (Fsp3) is 0.667. The quantitative estimate of drug-likeness (QED) is 0.755. The number of hydrogen-bond donors (Lipinski definition) is 2. The van der Waals surface area contributed by atoms with Gasteiger partial charge in [-0.2, -0.15) is 4.98 Å². The molecule has 102 valence electrons. The van der Waals surface area contributed by atoms with Crippen molar-refractivity contribution >= 4 is 5.97 Å². The highest BCUT2D eigenvalue weighted by Crippen LogP contribution is 2.24. The lowest BCUT2D eigenvalue weighted by Gasteiger charge is -2.16. The van der Waals surface area contributed by atoms with Crippen molar-refractivity contribution in [3.63, 3.8) is 0 Å². The summed E-state index contributed by atoms with van der Waals surface area (Å²) in [6, 6.07) is 0.219. The third-order valence-corrected chi connectivity index (χ3v) is 2.21. The summed E-state index contributed by atoms with van der Waals surface area (Å²) >= 11 is 0. The highest BCUT2D eigenvalue weighted by atomic mass is 16.5. The summed E-state index contributed by atoms with van der Waals surface area (Å²) < 4.78 is 10.2. The van der Waals surface area contributed by atoms with E-state index in [1.54, 1.807) is 20.8 Å². The first-order valence-electron chi connectivity index (χ1n) is 6.02. The Labute approximate surface area is 106 Å². The van der Waals surface area contributed by atoms with E-state index >= 15 is 0 Å². The number of rotatable bonds is 6. The molecule has 1 heterocycles. The van der Waals surface area contributed by atoms with Crippen LogP contribution in [0.1, 0.15) is 50.3 Å². The zero-order chi connectivity index (χ0) is 13.8. The van der Waals surface area contributed by atoms with Gasteiger partial charge in [0.2, 0.25) is 0 Å². The fourth-order valence-corrected chi connectivity index (χ4v) is 1.41. The van der Waals surface area contributed by atoms with Crippen LogP contribution in [0.25, 0.3) is 0 Å². The zero-order valence-corrected chi connectivity index (χ0v) is 11.2. The number of H-pyrrole nitrogens is 1. The van der Waals surface area contributed by atoms with Crippen molar-refractivity contribution in [3.8, 4) is 6.01 Å². The normalized spacial score (nSPS) is 11.4. The van der Waals surface area contributed by atoms with Gasteiger partial charge in [-0.1, -0.05) is 6.92 Å². The van der Waals surface area contributed by atoms with Crippen LogP contribution in [0.3, 0.4) is 0 Å². The molecule has 0 saturated carbocycles. The number of nitrogens with zero attached hydrogens (tertiary/aromatic N) is 1. The lowest BCUT2D eigenvalue weighted by molar-refractivity contribution is 0.0476. The minimum Gasteiger partial charge on any atom is -0.465 e. The Balaban J connectivity index is 3.05. The maximum atomic E-state index is 11.7. The number of aromatic nitrogens is 2. The number of ether oxygens (including phenoxy) is 2. The Morgan fingerprint density at radius 3 is 2.61 bits per heavy atom. The van der Waals surface area contributed by atoms with Crippen molar-refractivity contribution in [3.05, 3.63) is 11.4 Å². The molecule has 0 aliphatic heterocycles. The van der Waals surface area contributed by atoms with Crippen molar-refractivity contribution < 1.29 is 19.4 Å². The van der Waals surface area contributed by atoms with E-state index in [2.05, 4.69) is 9.97 Å². The summed E-state index contributed by atoms with van der Waals surface area (Å²) in [6.45, 7) is 7.54. The second kappa shape index (κ2) is 5.86. The number of carbonyl (C=O) groups excluding carboxylic acids is 1. The van der Waals surface area contributed by atoms with E-state index in [0.29, 0.717) is 12.3 Å². The van der Waals surface area contributed by atoms with E-state index in [4.69, 9.17) is 9.47 Å². The van der Waals surface area contributed by atoms with E-state index in [1.165, 1.54) is 0 Å². The van der Waals surface area contributed by atoms with Gasteiger partial charge < -0.3 is 19.6 Å². The molecule has 0 fully saturated rings. The standard InChI is InChI=1S/C12H20N2O4/c1-5-7-18-11-13-8(10(15)17-6-2)9(14-11)12(3,4)16/h16H,5-7H2,1-4H3,(H,13,14). The molecule has 6 nitrogen and oxygen atoms in total. The average molecular weight is 256 g/mol. The first kappa shape index (κ1) is 14.5. The van der Waals surface area contributed by atoms with Gasteiger partial charge in [0.15, 0.2) is 5.69 Å². The molecule has 0 unspecified atom stereocenters. The summed E-state index contributed by atoms with van der Waals surface area (Å²) in [7, 11) is 0. The van der Waals surface area contributed by atoms with Gasteiger partial charge in [0.1, 0.15) is 5.60 Å². The molecule has 0 radical (unpaired) electrons. The second-order valence-electron chi connectivity index (χ2n) is 4.39. The summed E-state index contributed by atoms with van der Waals surface area (Å²) in [4.78, 5) is 18.6. The number of aromatic amines is 1. The smallest absolute Gasteiger partial charge is 0.359 e. The third-order valence-electron chi connectivity index (χ3n) is 2.21. The van der Waals surface area contributed by atoms with Crippen molar-refractivity contribution in [2.75, 3.05) is 13.2 Å². The van der Waals surface area contributed by atoms with E-state index < -0.39 is 11.6 Å². The summed E-state index contributed by atoms with van der Waals surface area (Å²) in [5.41, 5.74) is -0.856. The number of imidazole rings is 1. The molecular weight excluding hydrogens is 236 g/mol. The van der Waals surface area contributed by atoms with Crippen LogP contribution >= 0.6 is 0 Å². The summed E-state index contributed by atoms with van der Waals surface area (Å²) in [6.07, 6.45) is 0.827. The molecule has 2 N–H and O–H groups in total. The molecule has 18 heavy (non-hydrogen) atoms. The molecule has 1 rings (SSSR count). The van der Waals surface area contributed by atoms with Gasteiger partial charge in [0.05, 0.1) is 18.9 Å². The Morgan fingerprint density at radius 1 is 1.44 bits per heavy atom. The minimum atomic E-state index is -1.22. The van der Waals surface area contributed by atoms with Crippen LogP contribution in [-0.2, 0) is 10.3 Å². The van der Waals surface area contributed by atoms with E-state index in [0.717, 1.165) is 6.42 Å². The zero-order valence-electron chi connectivity index (χ0n) is 11.2. The number of aliphatic hydroxyl groups is 1. The predicted octanol–water partition coefficient (Wildman–Crippen LogP) is 1.60. The van der Waals surface area contributed by atoms with Crippen LogP contribution in [0.5, 0.6) is 6.01 Å². The Bertz CT molecular complexity index is 407. The molecule has 0 atom stereocenters. The highest BCUT2D eigenvalue weighted by molar-refractivity contribution is 5.89. The fourth-order valence-electron chi connectivity index (χ4n) is 1.41. The molecule has 1 aromatic rings. The first-order valence-corrected chi connectivity index (χ1v) is 6.02. The Kier molecular flexibility index (Phi) is 4.72. The third kappa shape index (κ3) is 3.46. The van der Waals surface area contributed by atoms with E-state index in [1.807, 2.05) is 6.92 Å². The van der Waals surface area contributed by atoms with Gasteiger partial charge in [-0.15, -0.1) is 0 Å². The van der Waals surface area contributed by atoms with Crippen LogP contribution < -0.4 is 4.74 Å². The summed E-state index contributed by atoms with van der Waals surface area (Å²) in [5, 5.41) is 9.99. The molecule has 0 aromatic carbocycles. The first-order chi connectivity index (χ1) is 8.40. The van der Waals surface area contributed by atoms with Crippen molar-refractivity contribution in [1.82, 2.24) is 9.97 Å². The maximum Gasteiger partial charge on any atom is 0.359 e. The SMILES string of the molecule is CCCOc1nc(C(=O)OCC)c(C(C)(C)O)[nH]1. The Hall–Kier alpha value is -1.56. The van der Waals surface area contributed by atoms with Crippen molar-refractivity contribution in [2.45, 2.75) is 39.7 Å². The molecule has 0 aliphatic rings. The minimum absolute atomic E-state index is 0.0652. The van der Waals surface area contributed by atoms with Gasteiger partial charge in [0, 0.05) is 0 Å². The maximum absolute atomic E-state index is 11.7. The molecule has 0 bridgehead atoms. The van der Waals surface area contributed by atoms with Gasteiger partial charge in [-0.05, 0) is 27.2 Å². The van der Waals surface area contributed by atoms with Crippen molar-refractivity contribution in [2.24, 2.45) is 0 Å². The molecule has 0 saturated heterocycles. The lowest BCUT2D eigenvalue weighted by atomic mass is 10.0. The highest BCUT2D eigenvalue weighted by Gasteiger charge is 2.29. The van der Waals surface area contributed by atoms with E-state index in [-0.39, 0.29) is 18.3 Å². The lowest BCUT2D eigenvalue weighted by Crippen LogP contribution is -2.21. The van der Waals surface area contributed by atoms with Crippen LogP contribution in [-0.4, -0.2) is 34.3 Å². The summed E-state index contributed by atoms with van der Waals surface area (Å²) in [5.74, 6) is -0.572.